The van der Waals surface area contributed by atoms with Crippen LogP contribution in [0.2, 0.25) is 0 Å². The zero-order chi connectivity index (χ0) is 21.0. The minimum Gasteiger partial charge on any atom is -0.486 e. The number of amides is 1. The summed E-state index contributed by atoms with van der Waals surface area (Å²) in [6.45, 7) is 9.63. The monoisotopic (exact) mass is 402 g/mol. The van der Waals surface area contributed by atoms with E-state index in [0.29, 0.717) is 37.9 Å². The average Bonchev–Trinajstić information content (AvgIpc) is 2.67. The number of carbonyl (C=O) groups excluding carboxylic acids is 1. The molecule has 29 heavy (non-hydrogen) atoms. The van der Waals surface area contributed by atoms with Crippen molar-refractivity contribution in [2.45, 2.75) is 45.9 Å². The Morgan fingerprint density at radius 1 is 1.17 bits per heavy atom. The second-order valence-corrected chi connectivity index (χ2v) is 8.10. The van der Waals surface area contributed by atoms with Crippen molar-refractivity contribution in [3.63, 3.8) is 0 Å². The van der Waals surface area contributed by atoms with Crippen molar-refractivity contribution in [1.82, 2.24) is 14.9 Å². The van der Waals surface area contributed by atoms with E-state index < -0.39 is 5.60 Å². The predicted octanol–water partition coefficient (Wildman–Crippen LogP) is 3.64. The molecule has 1 atom stereocenters. The lowest BCUT2D eigenvalue weighted by Crippen LogP contribution is -2.55. The van der Waals surface area contributed by atoms with Crippen molar-refractivity contribution in [2.75, 3.05) is 24.5 Å². The molecule has 1 aliphatic rings. The third kappa shape index (κ3) is 5.79. The fraction of sp³-hybridized carbons (Fsp3) is 0.476. The molecule has 1 aliphatic heterocycles. The zero-order valence-corrected chi connectivity index (χ0v) is 17.3. The molecule has 2 aromatic rings. The van der Waals surface area contributed by atoms with Gasteiger partial charge in [0.05, 0.1) is 12.4 Å². The first-order valence-electron chi connectivity index (χ1n) is 9.65. The molecule has 156 valence electrons. The van der Waals surface area contributed by atoms with Crippen LogP contribution in [0.15, 0.2) is 36.7 Å². The summed E-state index contributed by atoms with van der Waals surface area (Å²) < 4.78 is 24.1. The number of anilines is 1. The molecule has 0 aliphatic carbocycles. The van der Waals surface area contributed by atoms with Crippen molar-refractivity contribution < 1.29 is 18.7 Å². The van der Waals surface area contributed by atoms with Gasteiger partial charge in [0.2, 0.25) is 5.95 Å². The molecule has 1 fully saturated rings. The maximum atomic E-state index is 12.9. The van der Waals surface area contributed by atoms with E-state index in [4.69, 9.17) is 9.47 Å². The molecule has 8 heteroatoms. The lowest BCUT2D eigenvalue weighted by Gasteiger charge is -2.40. The minimum absolute atomic E-state index is 0.0576. The number of halogens is 1. The lowest BCUT2D eigenvalue weighted by molar-refractivity contribution is 0.0218. The summed E-state index contributed by atoms with van der Waals surface area (Å²) in [4.78, 5) is 24.9. The van der Waals surface area contributed by atoms with Gasteiger partial charge in [0.25, 0.3) is 0 Å². The van der Waals surface area contributed by atoms with E-state index in [0.717, 1.165) is 5.56 Å². The maximum absolute atomic E-state index is 12.9. The molecule has 0 spiro atoms. The Balaban J connectivity index is 1.54. The van der Waals surface area contributed by atoms with Crippen molar-refractivity contribution in [3.8, 4) is 5.75 Å². The van der Waals surface area contributed by atoms with E-state index in [9.17, 15) is 9.18 Å². The molecule has 0 saturated carbocycles. The van der Waals surface area contributed by atoms with Crippen molar-refractivity contribution >= 4 is 12.0 Å². The first-order chi connectivity index (χ1) is 13.7. The normalized spacial score (nSPS) is 17.2. The van der Waals surface area contributed by atoms with Gasteiger partial charge in [-0.15, -0.1) is 0 Å². The van der Waals surface area contributed by atoms with Gasteiger partial charge in [-0.05, 0) is 45.4 Å². The quantitative estimate of drug-likeness (QED) is 0.778. The summed E-state index contributed by atoms with van der Waals surface area (Å²) in [6, 6.07) is 6.21. The number of hydrogen-bond acceptors (Lipinski definition) is 6. The van der Waals surface area contributed by atoms with E-state index in [1.807, 2.05) is 27.7 Å². The molecule has 1 aromatic heterocycles. The molecule has 0 N–H and O–H groups in total. The Kier molecular flexibility index (Phi) is 6.20. The number of nitrogens with zero attached hydrogens (tertiary/aromatic N) is 4. The van der Waals surface area contributed by atoms with Gasteiger partial charge in [-0.2, -0.15) is 0 Å². The summed E-state index contributed by atoms with van der Waals surface area (Å²) in [5.74, 6) is 0.857. The molecule has 0 bridgehead atoms. The van der Waals surface area contributed by atoms with Crippen LogP contribution in [0.3, 0.4) is 0 Å². The zero-order valence-electron chi connectivity index (χ0n) is 17.3. The summed E-state index contributed by atoms with van der Waals surface area (Å²) in [5, 5.41) is 0. The van der Waals surface area contributed by atoms with E-state index in [1.165, 1.54) is 12.1 Å². The molecule has 1 amide bonds. The smallest absolute Gasteiger partial charge is 0.410 e. The first-order valence-corrected chi connectivity index (χ1v) is 9.65. The van der Waals surface area contributed by atoms with Crippen molar-refractivity contribution in [3.05, 3.63) is 48.0 Å². The number of ether oxygens (including phenoxy) is 2. The van der Waals surface area contributed by atoms with Gasteiger partial charge in [0, 0.05) is 25.7 Å². The highest BCUT2D eigenvalue weighted by Gasteiger charge is 2.30. The summed E-state index contributed by atoms with van der Waals surface area (Å²) in [5.41, 5.74) is 0.354. The van der Waals surface area contributed by atoms with E-state index in [2.05, 4.69) is 14.9 Å². The Hall–Kier alpha value is -2.90. The average molecular weight is 402 g/mol. The number of rotatable bonds is 4. The summed E-state index contributed by atoms with van der Waals surface area (Å²) in [6.07, 6.45) is 2.95. The number of carbonyl (C=O) groups is 1. The highest BCUT2D eigenvalue weighted by atomic mass is 19.1. The highest BCUT2D eigenvalue weighted by Crippen LogP contribution is 2.20. The molecule has 0 radical (unpaired) electrons. The highest BCUT2D eigenvalue weighted by molar-refractivity contribution is 5.68. The minimum atomic E-state index is -0.510. The summed E-state index contributed by atoms with van der Waals surface area (Å²) in [7, 11) is 0. The largest absolute Gasteiger partial charge is 0.486 e. The third-order valence-electron chi connectivity index (χ3n) is 4.47. The standard InChI is InChI=1S/C21H27FN4O3/c1-15-13-25(20(27)29-21(2,3)4)9-10-26(15)19-23-11-18(12-24-19)28-14-16-5-7-17(22)8-6-16/h5-8,11-12,15H,9-10,13-14H2,1-4H3/t15-/m1/s1. The number of aromatic nitrogens is 2. The van der Waals surface area contributed by atoms with Crippen LogP contribution in [-0.4, -0.2) is 52.2 Å². The van der Waals surface area contributed by atoms with E-state index in [-0.39, 0.29) is 18.0 Å². The Labute approximate surface area is 170 Å². The van der Waals surface area contributed by atoms with Crippen LogP contribution in [0.4, 0.5) is 15.1 Å². The topological polar surface area (TPSA) is 67.8 Å². The molecule has 1 aromatic carbocycles. The van der Waals surface area contributed by atoms with E-state index >= 15 is 0 Å². The Morgan fingerprint density at radius 3 is 2.41 bits per heavy atom. The van der Waals surface area contributed by atoms with Crippen LogP contribution in [0, 0.1) is 5.82 Å². The van der Waals surface area contributed by atoms with Crippen LogP contribution in [0.5, 0.6) is 5.75 Å². The Morgan fingerprint density at radius 2 is 1.83 bits per heavy atom. The van der Waals surface area contributed by atoms with Gasteiger partial charge >= 0.3 is 6.09 Å². The van der Waals surface area contributed by atoms with Crippen molar-refractivity contribution in [2.24, 2.45) is 0 Å². The van der Waals surface area contributed by atoms with Gasteiger partial charge in [-0.1, -0.05) is 12.1 Å². The fourth-order valence-electron chi connectivity index (χ4n) is 3.03. The second kappa shape index (κ2) is 8.63. The van der Waals surface area contributed by atoms with Crippen molar-refractivity contribution in [1.29, 1.82) is 0 Å². The predicted molar refractivity (Wildman–Crippen MR) is 107 cm³/mol. The van der Waals surface area contributed by atoms with Gasteiger partial charge < -0.3 is 19.3 Å². The SMILES string of the molecule is C[C@@H]1CN(C(=O)OC(C)(C)C)CCN1c1ncc(OCc2ccc(F)cc2)cn1. The molecule has 3 rings (SSSR count). The third-order valence-corrected chi connectivity index (χ3v) is 4.47. The van der Waals surface area contributed by atoms with Crippen LogP contribution in [0.1, 0.15) is 33.3 Å². The number of piperazine rings is 1. The molecular weight excluding hydrogens is 375 g/mol. The van der Waals surface area contributed by atoms with Crippen LogP contribution < -0.4 is 9.64 Å². The maximum Gasteiger partial charge on any atom is 0.410 e. The molecular formula is C21H27FN4O3. The van der Waals surface area contributed by atoms with E-state index in [1.54, 1.807) is 29.4 Å². The molecule has 0 unspecified atom stereocenters. The van der Waals surface area contributed by atoms with Gasteiger partial charge in [0.1, 0.15) is 18.0 Å². The van der Waals surface area contributed by atoms with Crippen LogP contribution >= 0.6 is 0 Å². The second-order valence-electron chi connectivity index (χ2n) is 8.10. The fourth-order valence-corrected chi connectivity index (χ4v) is 3.03. The lowest BCUT2D eigenvalue weighted by atomic mass is 10.2. The Bertz CT molecular complexity index is 821. The summed E-state index contributed by atoms with van der Waals surface area (Å²) >= 11 is 0. The van der Waals surface area contributed by atoms with Gasteiger partial charge in [0.15, 0.2) is 5.75 Å². The van der Waals surface area contributed by atoms with Gasteiger partial charge in [-0.25, -0.2) is 19.2 Å². The molecule has 2 heterocycles. The molecule has 7 nitrogen and oxygen atoms in total. The molecule has 1 saturated heterocycles. The number of benzene rings is 1. The first kappa shape index (κ1) is 20.8. The van der Waals surface area contributed by atoms with Gasteiger partial charge in [-0.3, -0.25) is 0 Å². The van der Waals surface area contributed by atoms with Crippen LogP contribution in [-0.2, 0) is 11.3 Å². The number of hydrogen-bond donors (Lipinski definition) is 0. The van der Waals surface area contributed by atoms with Crippen LogP contribution in [0.25, 0.3) is 0 Å².